The number of hydrazine groups is 1. The second-order valence-electron chi connectivity index (χ2n) is 4.94. The number of nitrogens with one attached hydrogen (secondary N) is 2. The average molecular weight is 326 g/mol. The number of alkyl halides is 3. The molecule has 0 saturated carbocycles. The molecule has 0 aliphatic heterocycles. The molecule has 23 heavy (non-hydrogen) atoms. The van der Waals surface area contributed by atoms with E-state index in [9.17, 15) is 22.4 Å². The van der Waals surface area contributed by atoms with Gasteiger partial charge in [0.1, 0.15) is 12.4 Å². The van der Waals surface area contributed by atoms with Crippen molar-refractivity contribution in [3.63, 3.8) is 0 Å². The van der Waals surface area contributed by atoms with Crippen LogP contribution in [0.2, 0.25) is 0 Å². The number of amides is 1. The first kappa shape index (κ1) is 17.0. The molecule has 122 valence electrons. The third kappa shape index (κ3) is 4.53. The zero-order chi connectivity index (χ0) is 17.0. The van der Waals surface area contributed by atoms with Crippen LogP contribution < -0.4 is 10.9 Å². The molecule has 0 saturated heterocycles. The second-order valence-corrected chi connectivity index (χ2v) is 4.94. The van der Waals surface area contributed by atoms with E-state index < -0.39 is 24.4 Å². The average Bonchev–Trinajstić information content (AvgIpc) is 2.49. The summed E-state index contributed by atoms with van der Waals surface area (Å²) < 4.78 is 50.2. The van der Waals surface area contributed by atoms with Crippen molar-refractivity contribution in [2.45, 2.75) is 13.1 Å². The van der Waals surface area contributed by atoms with Gasteiger partial charge in [-0.15, -0.1) is 0 Å². The highest BCUT2D eigenvalue weighted by atomic mass is 19.4. The Morgan fingerprint density at radius 1 is 1.09 bits per heavy atom. The summed E-state index contributed by atoms with van der Waals surface area (Å²) in [5.41, 5.74) is 4.87. The summed E-state index contributed by atoms with van der Waals surface area (Å²) in [6.45, 7) is 0.0828. The van der Waals surface area contributed by atoms with Gasteiger partial charge in [0.15, 0.2) is 0 Å². The highest BCUT2D eigenvalue weighted by molar-refractivity contribution is 5.95. The lowest BCUT2D eigenvalue weighted by Crippen LogP contribution is -2.43. The Balaban J connectivity index is 2.24. The maximum atomic E-state index is 14.1. The van der Waals surface area contributed by atoms with Crippen LogP contribution in [0.15, 0.2) is 42.5 Å². The van der Waals surface area contributed by atoms with Gasteiger partial charge in [0.2, 0.25) is 0 Å². The Morgan fingerprint density at radius 2 is 1.74 bits per heavy atom. The number of carbonyl (C=O) groups is 1. The third-order valence-electron chi connectivity index (χ3n) is 3.10. The fourth-order valence-corrected chi connectivity index (χ4v) is 2.02. The van der Waals surface area contributed by atoms with Crippen LogP contribution in [0.4, 0.5) is 17.6 Å². The van der Waals surface area contributed by atoms with Gasteiger partial charge in [0.05, 0.1) is 5.56 Å². The number of halogens is 4. The molecule has 0 bridgehead atoms. The first-order valence-electron chi connectivity index (χ1n) is 6.73. The summed E-state index contributed by atoms with van der Waals surface area (Å²) in [7, 11) is 0. The van der Waals surface area contributed by atoms with E-state index in [1.165, 1.54) is 13.0 Å². The number of carbonyl (C=O) groups excluding carboxylic acids is 1. The summed E-state index contributed by atoms with van der Waals surface area (Å²) >= 11 is 0. The quantitative estimate of drug-likeness (QED) is 0.666. The fourth-order valence-electron chi connectivity index (χ4n) is 2.02. The van der Waals surface area contributed by atoms with E-state index in [2.05, 4.69) is 0 Å². The third-order valence-corrected chi connectivity index (χ3v) is 3.10. The van der Waals surface area contributed by atoms with Gasteiger partial charge in [-0.05, 0) is 35.7 Å². The molecule has 2 aromatic rings. The zero-order valence-electron chi connectivity index (χ0n) is 12.2. The predicted octanol–water partition coefficient (Wildman–Crippen LogP) is 3.60. The lowest BCUT2D eigenvalue weighted by molar-refractivity contribution is -0.126. The molecule has 2 aromatic carbocycles. The molecule has 0 spiro atoms. The summed E-state index contributed by atoms with van der Waals surface area (Å²) in [6.07, 6.45) is -4.48. The maximum Gasteiger partial charge on any atom is 0.402 e. The molecule has 0 radical (unpaired) electrons. The summed E-state index contributed by atoms with van der Waals surface area (Å²) in [6, 6.07) is 11.9. The zero-order valence-corrected chi connectivity index (χ0v) is 12.2. The first-order chi connectivity index (χ1) is 10.8. The molecular formula is C16H14F4N2O. The number of rotatable bonds is 4. The Labute approximate surface area is 130 Å². The van der Waals surface area contributed by atoms with Crippen molar-refractivity contribution < 1.29 is 22.4 Å². The summed E-state index contributed by atoms with van der Waals surface area (Å²) in [5.74, 6) is -1.73. The molecule has 0 atom stereocenters. The molecule has 1 amide bonds. The van der Waals surface area contributed by atoms with E-state index >= 15 is 0 Å². The maximum absolute atomic E-state index is 14.1. The van der Waals surface area contributed by atoms with E-state index in [4.69, 9.17) is 0 Å². The van der Waals surface area contributed by atoms with Gasteiger partial charge in [-0.2, -0.15) is 13.2 Å². The molecule has 0 aromatic heterocycles. The monoisotopic (exact) mass is 326 g/mol. The standard InChI is InChI=1S/C16H14F4N2O/c1-10-7-12(11-5-3-2-4-6-11)8-13(14(10)17)15(23)22-21-9-16(18,19)20/h2-8,21H,9H2,1H3,(H,22,23). The molecule has 2 rings (SSSR count). The number of benzene rings is 2. The molecule has 7 heteroatoms. The predicted molar refractivity (Wildman–Crippen MR) is 78.1 cm³/mol. The van der Waals surface area contributed by atoms with Crippen LogP contribution >= 0.6 is 0 Å². The van der Waals surface area contributed by atoms with Crippen molar-refractivity contribution in [2.75, 3.05) is 6.54 Å². The molecule has 0 heterocycles. The van der Waals surface area contributed by atoms with Crippen LogP contribution in [-0.2, 0) is 0 Å². The minimum atomic E-state index is -4.48. The van der Waals surface area contributed by atoms with Crippen LogP contribution in [0.5, 0.6) is 0 Å². The van der Waals surface area contributed by atoms with Crippen LogP contribution in [0.25, 0.3) is 11.1 Å². The topological polar surface area (TPSA) is 41.1 Å². The van der Waals surface area contributed by atoms with Crippen LogP contribution in [0.1, 0.15) is 15.9 Å². The van der Waals surface area contributed by atoms with Gasteiger partial charge < -0.3 is 0 Å². The van der Waals surface area contributed by atoms with Gasteiger partial charge in [-0.25, -0.2) is 9.82 Å². The van der Waals surface area contributed by atoms with E-state index in [1.807, 2.05) is 11.5 Å². The van der Waals surface area contributed by atoms with Crippen LogP contribution in [-0.4, -0.2) is 18.6 Å². The molecule has 0 aliphatic carbocycles. The van der Waals surface area contributed by atoms with E-state index in [0.29, 0.717) is 5.56 Å². The van der Waals surface area contributed by atoms with Crippen molar-refractivity contribution in [3.8, 4) is 11.1 Å². The van der Waals surface area contributed by atoms with E-state index in [1.54, 1.807) is 35.8 Å². The van der Waals surface area contributed by atoms with Gasteiger partial charge in [-0.3, -0.25) is 10.2 Å². The second kappa shape index (κ2) is 6.78. The Kier molecular flexibility index (Phi) is 5.00. The molecule has 2 N–H and O–H groups in total. The molecule has 0 fully saturated rings. The SMILES string of the molecule is Cc1cc(-c2ccccc2)cc(C(=O)NNCC(F)(F)F)c1F. The highest BCUT2D eigenvalue weighted by Gasteiger charge is 2.27. The van der Waals surface area contributed by atoms with Crippen molar-refractivity contribution in [1.82, 2.24) is 10.9 Å². The minimum Gasteiger partial charge on any atom is -0.287 e. The number of hydrogen-bond donors (Lipinski definition) is 2. The molecule has 0 unspecified atom stereocenters. The number of aryl methyl sites for hydroxylation is 1. The lowest BCUT2D eigenvalue weighted by atomic mass is 9.99. The van der Waals surface area contributed by atoms with E-state index in [-0.39, 0.29) is 11.1 Å². The summed E-state index contributed by atoms with van der Waals surface area (Å²) in [5, 5.41) is 0. The van der Waals surface area contributed by atoms with Crippen molar-refractivity contribution in [2.24, 2.45) is 0 Å². The summed E-state index contributed by atoms with van der Waals surface area (Å²) in [4.78, 5) is 11.9. The van der Waals surface area contributed by atoms with E-state index in [0.717, 1.165) is 5.56 Å². The molecule has 0 aliphatic rings. The molecular weight excluding hydrogens is 312 g/mol. The van der Waals surface area contributed by atoms with Crippen molar-refractivity contribution >= 4 is 5.91 Å². The van der Waals surface area contributed by atoms with Crippen molar-refractivity contribution in [1.29, 1.82) is 0 Å². The van der Waals surface area contributed by atoms with Gasteiger partial charge >= 0.3 is 6.18 Å². The first-order valence-corrected chi connectivity index (χ1v) is 6.73. The van der Waals surface area contributed by atoms with Crippen LogP contribution in [0.3, 0.4) is 0 Å². The normalized spacial score (nSPS) is 11.3. The highest BCUT2D eigenvalue weighted by Crippen LogP contribution is 2.24. The van der Waals surface area contributed by atoms with Crippen LogP contribution in [0, 0.1) is 12.7 Å². The lowest BCUT2D eigenvalue weighted by Gasteiger charge is -2.12. The fraction of sp³-hybridized carbons (Fsp3) is 0.188. The minimum absolute atomic E-state index is 0.229. The van der Waals surface area contributed by atoms with Crippen molar-refractivity contribution in [3.05, 3.63) is 59.4 Å². The number of hydrogen-bond acceptors (Lipinski definition) is 2. The largest absolute Gasteiger partial charge is 0.402 e. The Bertz CT molecular complexity index is 699. The Morgan fingerprint density at radius 3 is 2.35 bits per heavy atom. The Hall–Kier alpha value is -2.41. The van der Waals surface area contributed by atoms with Gasteiger partial charge in [0.25, 0.3) is 5.91 Å². The van der Waals surface area contributed by atoms with Gasteiger partial charge in [-0.1, -0.05) is 30.3 Å². The van der Waals surface area contributed by atoms with Gasteiger partial charge in [0, 0.05) is 0 Å². The smallest absolute Gasteiger partial charge is 0.287 e. The molecule has 3 nitrogen and oxygen atoms in total.